The smallest absolute Gasteiger partial charge is 0.0623 e. The zero-order chi connectivity index (χ0) is 13.5. The molecule has 2 N–H and O–H groups in total. The van der Waals surface area contributed by atoms with E-state index < -0.39 is 0 Å². The minimum atomic E-state index is 0.530. The van der Waals surface area contributed by atoms with Gasteiger partial charge in [0.15, 0.2) is 0 Å². The largest absolute Gasteiger partial charge is 0.379 e. The zero-order valence-electron chi connectivity index (χ0n) is 12.1. The fourth-order valence-corrected chi connectivity index (χ4v) is 3.37. The lowest BCUT2D eigenvalue weighted by Crippen LogP contribution is -2.40. The van der Waals surface area contributed by atoms with Gasteiger partial charge in [0.1, 0.15) is 0 Å². The Labute approximate surface area is 120 Å². The van der Waals surface area contributed by atoms with Crippen molar-refractivity contribution in [2.75, 3.05) is 26.3 Å². The van der Waals surface area contributed by atoms with E-state index >= 15 is 0 Å². The molecule has 2 unspecified atom stereocenters. The number of aryl methyl sites for hydroxylation is 1. The monoisotopic (exact) mass is 282 g/mol. The number of thiophene rings is 1. The highest BCUT2D eigenvalue weighted by atomic mass is 32.1. The normalized spacial score (nSPS) is 23.1. The van der Waals surface area contributed by atoms with Crippen molar-refractivity contribution >= 4 is 11.3 Å². The lowest BCUT2D eigenvalue weighted by Gasteiger charge is -2.19. The third-order valence-electron chi connectivity index (χ3n) is 3.63. The van der Waals surface area contributed by atoms with Crippen LogP contribution in [-0.2, 0) is 17.7 Å². The zero-order valence-corrected chi connectivity index (χ0v) is 12.9. The molecule has 0 spiro atoms. The van der Waals surface area contributed by atoms with Gasteiger partial charge in [-0.05, 0) is 31.5 Å². The predicted octanol–water partition coefficient (Wildman–Crippen LogP) is 2.41. The summed E-state index contributed by atoms with van der Waals surface area (Å²) in [5.74, 6) is 0.608. The molecule has 0 bridgehead atoms. The molecule has 4 heteroatoms. The molecule has 0 saturated carbocycles. The molecule has 1 aliphatic heterocycles. The van der Waals surface area contributed by atoms with Gasteiger partial charge >= 0.3 is 0 Å². The van der Waals surface area contributed by atoms with Gasteiger partial charge in [0.05, 0.1) is 13.2 Å². The van der Waals surface area contributed by atoms with E-state index in [4.69, 9.17) is 4.74 Å². The van der Waals surface area contributed by atoms with Crippen LogP contribution in [0.25, 0.3) is 0 Å². The van der Waals surface area contributed by atoms with Gasteiger partial charge in [-0.2, -0.15) is 0 Å². The molecule has 2 heterocycles. The van der Waals surface area contributed by atoms with E-state index in [1.54, 1.807) is 0 Å². The summed E-state index contributed by atoms with van der Waals surface area (Å²) in [6.07, 6.45) is 2.33. The van der Waals surface area contributed by atoms with Crippen LogP contribution in [0.2, 0.25) is 0 Å². The van der Waals surface area contributed by atoms with E-state index in [0.29, 0.717) is 12.0 Å². The van der Waals surface area contributed by atoms with Gasteiger partial charge in [0.25, 0.3) is 0 Å². The second-order valence-corrected chi connectivity index (χ2v) is 6.46. The molecule has 1 fully saturated rings. The molecule has 1 aromatic heterocycles. The molecule has 2 atom stereocenters. The Morgan fingerprint density at radius 1 is 1.26 bits per heavy atom. The summed E-state index contributed by atoms with van der Waals surface area (Å²) in [6, 6.07) is 5.02. The predicted molar refractivity (Wildman–Crippen MR) is 81.8 cm³/mol. The number of nitrogens with one attached hydrogen (secondary N) is 2. The van der Waals surface area contributed by atoms with Crippen molar-refractivity contribution in [2.24, 2.45) is 5.92 Å². The minimum Gasteiger partial charge on any atom is -0.379 e. The molecule has 3 nitrogen and oxygen atoms in total. The summed E-state index contributed by atoms with van der Waals surface area (Å²) in [4.78, 5) is 2.91. The summed E-state index contributed by atoms with van der Waals surface area (Å²) in [5, 5.41) is 7.16. The summed E-state index contributed by atoms with van der Waals surface area (Å²) < 4.78 is 5.59. The Balaban J connectivity index is 1.69. The van der Waals surface area contributed by atoms with Crippen LogP contribution in [0, 0.1) is 5.92 Å². The van der Waals surface area contributed by atoms with E-state index in [1.165, 1.54) is 16.2 Å². The molecule has 0 aromatic carbocycles. The van der Waals surface area contributed by atoms with Crippen LogP contribution in [0.5, 0.6) is 0 Å². The molecule has 19 heavy (non-hydrogen) atoms. The third-order valence-corrected chi connectivity index (χ3v) is 4.86. The quantitative estimate of drug-likeness (QED) is 0.768. The summed E-state index contributed by atoms with van der Waals surface area (Å²) >= 11 is 1.92. The van der Waals surface area contributed by atoms with Crippen LogP contribution in [-0.4, -0.2) is 32.3 Å². The maximum Gasteiger partial charge on any atom is 0.0623 e. The van der Waals surface area contributed by atoms with Gasteiger partial charge < -0.3 is 15.4 Å². The molecule has 2 rings (SSSR count). The Hall–Kier alpha value is -0.420. The average molecular weight is 282 g/mol. The molecule has 1 aromatic rings. The van der Waals surface area contributed by atoms with Crippen molar-refractivity contribution < 1.29 is 4.74 Å². The highest BCUT2D eigenvalue weighted by Crippen LogP contribution is 2.17. The first-order valence-corrected chi connectivity index (χ1v) is 8.24. The summed E-state index contributed by atoms with van der Waals surface area (Å²) in [7, 11) is 0. The van der Waals surface area contributed by atoms with Crippen molar-refractivity contribution in [3.05, 3.63) is 21.9 Å². The Morgan fingerprint density at radius 3 is 2.84 bits per heavy atom. The van der Waals surface area contributed by atoms with Crippen LogP contribution < -0.4 is 10.6 Å². The van der Waals surface area contributed by atoms with Crippen molar-refractivity contribution in [2.45, 2.75) is 39.3 Å². The fraction of sp³-hybridized carbons (Fsp3) is 0.733. The van der Waals surface area contributed by atoms with Gasteiger partial charge in [0, 0.05) is 34.8 Å². The SMILES string of the molecule is CCCNC1COCC1CNCc1ccc(CC)s1. The van der Waals surface area contributed by atoms with Gasteiger partial charge in [-0.15, -0.1) is 11.3 Å². The summed E-state index contributed by atoms with van der Waals surface area (Å²) in [6.45, 7) is 9.29. The van der Waals surface area contributed by atoms with Crippen LogP contribution >= 0.6 is 11.3 Å². The van der Waals surface area contributed by atoms with Crippen molar-refractivity contribution in [1.29, 1.82) is 0 Å². The lowest BCUT2D eigenvalue weighted by molar-refractivity contribution is 0.182. The molecular weight excluding hydrogens is 256 g/mol. The number of rotatable bonds is 8. The van der Waals surface area contributed by atoms with Crippen molar-refractivity contribution in [1.82, 2.24) is 10.6 Å². The second kappa shape index (κ2) is 8.00. The Morgan fingerprint density at radius 2 is 2.11 bits per heavy atom. The lowest BCUT2D eigenvalue weighted by atomic mass is 10.0. The topological polar surface area (TPSA) is 33.3 Å². The maximum absolute atomic E-state index is 5.59. The van der Waals surface area contributed by atoms with Crippen molar-refractivity contribution in [3.8, 4) is 0 Å². The summed E-state index contributed by atoms with van der Waals surface area (Å²) in [5.41, 5.74) is 0. The van der Waals surface area contributed by atoms with E-state index in [-0.39, 0.29) is 0 Å². The molecule has 1 saturated heterocycles. The molecule has 108 valence electrons. The molecule has 0 amide bonds. The van der Waals surface area contributed by atoms with Crippen LogP contribution in [0.3, 0.4) is 0 Å². The van der Waals surface area contributed by atoms with Crippen LogP contribution in [0.15, 0.2) is 12.1 Å². The molecule has 1 aliphatic rings. The van der Waals surface area contributed by atoms with E-state index in [1.807, 2.05) is 11.3 Å². The number of ether oxygens (including phenoxy) is 1. The first-order valence-electron chi connectivity index (χ1n) is 7.43. The maximum atomic E-state index is 5.59. The standard InChI is InChI=1S/C15H26N2OS/c1-3-7-17-15-11-18-10-12(15)8-16-9-14-6-5-13(4-2)19-14/h5-6,12,15-17H,3-4,7-11H2,1-2H3. The van der Waals surface area contributed by atoms with E-state index in [0.717, 1.165) is 39.3 Å². The molecule has 0 aliphatic carbocycles. The van der Waals surface area contributed by atoms with Crippen LogP contribution in [0.4, 0.5) is 0 Å². The minimum absolute atomic E-state index is 0.530. The molecule has 0 radical (unpaired) electrons. The highest BCUT2D eigenvalue weighted by Gasteiger charge is 2.26. The average Bonchev–Trinajstić information content (AvgIpc) is 3.05. The second-order valence-electron chi connectivity index (χ2n) is 5.21. The third kappa shape index (κ3) is 4.56. The van der Waals surface area contributed by atoms with Crippen molar-refractivity contribution in [3.63, 3.8) is 0 Å². The van der Waals surface area contributed by atoms with Gasteiger partial charge in [-0.3, -0.25) is 0 Å². The first-order chi connectivity index (χ1) is 9.33. The fourth-order valence-electron chi connectivity index (χ4n) is 2.44. The highest BCUT2D eigenvalue weighted by molar-refractivity contribution is 7.11. The first kappa shape index (κ1) is 15.0. The van der Waals surface area contributed by atoms with Gasteiger partial charge in [-0.1, -0.05) is 13.8 Å². The van der Waals surface area contributed by atoms with Gasteiger partial charge in [-0.25, -0.2) is 0 Å². The van der Waals surface area contributed by atoms with Crippen LogP contribution in [0.1, 0.15) is 30.0 Å². The molecular formula is C15H26N2OS. The number of hydrogen-bond acceptors (Lipinski definition) is 4. The number of hydrogen-bond donors (Lipinski definition) is 2. The Kier molecular flexibility index (Phi) is 6.31. The van der Waals surface area contributed by atoms with E-state index in [9.17, 15) is 0 Å². The Bertz CT molecular complexity index is 367. The van der Waals surface area contributed by atoms with Gasteiger partial charge in [0.2, 0.25) is 0 Å². The van der Waals surface area contributed by atoms with E-state index in [2.05, 4.69) is 36.6 Å².